The summed E-state index contributed by atoms with van der Waals surface area (Å²) in [6, 6.07) is 11.7. The number of halogens is 1. The van der Waals surface area contributed by atoms with E-state index in [1.807, 2.05) is 43.3 Å². The van der Waals surface area contributed by atoms with Gasteiger partial charge < -0.3 is 10.2 Å². The largest absolute Gasteiger partial charge is 0.460 e. The second-order valence-electron chi connectivity index (χ2n) is 4.25. The molecule has 2 heterocycles. The molecule has 0 aliphatic rings. The number of rotatable bonds is 2. The van der Waals surface area contributed by atoms with Crippen LogP contribution in [0.2, 0.25) is 0 Å². The summed E-state index contributed by atoms with van der Waals surface area (Å²) >= 11 is 3.54. The van der Waals surface area contributed by atoms with Gasteiger partial charge in [0, 0.05) is 10.0 Å². The highest BCUT2D eigenvalue weighted by Crippen LogP contribution is 2.38. The third kappa shape index (κ3) is 2.06. The number of H-pyrrole nitrogens is 1. The van der Waals surface area contributed by atoms with Gasteiger partial charge >= 0.3 is 0 Å². The first-order valence-corrected chi connectivity index (χ1v) is 6.61. The van der Waals surface area contributed by atoms with Gasteiger partial charge in [0.2, 0.25) is 0 Å². The topological polar surface area (TPSA) is 67.8 Å². The maximum Gasteiger partial charge on any atom is 0.153 e. The number of aromatic amines is 1. The van der Waals surface area contributed by atoms with Gasteiger partial charge in [-0.2, -0.15) is 5.10 Å². The minimum absolute atomic E-state index is 0.455. The highest BCUT2D eigenvalue weighted by molar-refractivity contribution is 9.10. The van der Waals surface area contributed by atoms with Crippen LogP contribution >= 0.6 is 15.9 Å². The molecular formula is C14H12BrN3O. The van der Waals surface area contributed by atoms with Crippen molar-refractivity contribution in [3.63, 3.8) is 0 Å². The second kappa shape index (κ2) is 4.59. The summed E-state index contributed by atoms with van der Waals surface area (Å²) in [5.41, 5.74) is 8.60. The van der Waals surface area contributed by atoms with E-state index in [9.17, 15) is 0 Å². The molecule has 2 aromatic heterocycles. The predicted molar refractivity (Wildman–Crippen MR) is 78.6 cm³/mol. The monoisotopic (exact) mass is 317 g/mol. The molecule has 4 nitrogen and oxygen atoms in total. The van der Waals surface area contributed by atoms with Gasteiger partial charge in [-0.3, -0.25) is 5.10 Å². The molecule has 3 N–H and O–H groups in total. The summed E-state index contributed by atoms with van der Waals surface area (Å²) in [6.45, 7) is 1.90. The van der Waals surface area contributed by atoms with E-state index in [-0.39, 0.29) is 0 Å². The van der Waals surface area contributed by atoms with E-state index in [1.54, 1.807) is 0 Å². The number of benzene rings is 1. The number of nitrogens with one attached hydrogen (secondary N) is 1. The van der Waals surface area contributed by atoms with Gasteiger partial charge in [0.25, 0.3) is 0 Å². The zero-order chi connectivity index (χ0) is 13.4. The molecule has 0 unspecified atom stereocenters. The summed E-state index contributed by atoms with van der Waals surface area (Å²) in [5.74, 6) is 2.03. The van der Waals surface area contributed by atoms with E-state index in [4.69, 9.17) is 10.2 Å². The number of furan rings is 1. The van der Waals surface area contributed by atoms with Crippen LogP contribution in [0, 0.1) is 6.92 Å². The van der Waals surface area contributed by atoms with Crippen molar-refractivity contribution in [2.45, 2.75) is 6.92 Å². The van der Waals surface area contributed by atoms with Crippen molar-refractivity contribution in [1.29, 1.82) is 0 Å². The van der Waals surface area contributed by atoms with Crippen LogP contribution in [-0.2, 0) is 0 Å². The van der Waals surface area contributed by atoms with Crippen LogP contribution in [0.15, 0.2) is 45.3 Å². The lowest BCUT2D eigenvalue weighted by atomic mass is 10.0. The van der Waals surface area contributed by atoms with Crippen molar-refractivity contribution in [1.82, 2.24) is 10.2 Å². The minimum Gasteiger partial charge on any atom is -0.460 e. The number of nitrogens with zero attached hydrogens (tertiary/aromatic N) is 1. The Morgan fingerprint density at radius 2 is 2.00 bits per heavy atom. The van der Waals surface area contributed by atoms with Gasteiger partial charge in [-0.1, -0.05) is 34.1 Å². The number of nitrogen functional groups attached to an aromatic ring is 1. The lowest BCUT2D eigenvalue weighted by Crippen LogP contribution is -1.89. The molecule has 0 aliphatic carbocycles. The van der Waals surface area contributed by atoms with Crippen LogP contribution in [0.25, 0.3) is 22.6 Å². The molecule has 0 radical (unpaired) electrons. The molecule has 19 heavy (non-hydrogen) atoms. The van der Waals surface area contributed by atoms with Crippen molar-refractivity contribution >= 4 is 21.7 Å². The van der Waals surface area contributed by atoms with Crippen LogP contribution in [0.3, 0.4) is 0 Å². The molecule has 0 spiro atoms. The number of nitrogens with two attached hydrogens (primary N) is 1. The smallest absolute Gasteiger partial charge is 0.153 e. The van der Waals surface area contributed by atoms with E-state index in [0.29, 0.717) is 5.82 Å². The van der Waals surface area contributed by atoms with E-state index in [2.05, 4.69) is 26.1 Å². The standard InChI is InChI=1S/C14H12BrN3O/c1-8-6-7-11(19-8)13-12(14(16)18-17-13)9-4-2-3-5-10(9)15/h2-7H,1H3,(H3,16,17,18). The van der Waals surface area contributed by atoms with E-state index < -0.39 is 0 Å². The van der Waals surface area contributed by atoms with Crippen LogP contribution in [0.5, 0.6) is 0 Å². The van der Waals surface area contributed by atoms with Gasteiger partial charge in [0.05, 0.1) is 5.56 Å². The van der Waals surface area contributed by atoms with E-state index in [0.717, 1.165) is 32.8 Å². The Kier molecular flexibility index (Phi) is 2.91. The van der Waals surface area contributed by atoms with Gasteiger partial charge in [-0.05, 0) is 25.1 Å². The number of aryl methyl sites for hydroxylation is 1. The Bertz CT molecular complexity index is 730. The normalized spacial score (nSPS) is 10.8. The molecule has 0 atom stereocenters. The molecule has 0 amide bonds. The molecular weight excluding hydrogens is 306 g/mol. The molecule has 3 aromatic rings. The maximum atomic E-state index is 5.98. The van der Waals surface area contributed by atoms with Crippen molar-refractivity contribution in [3.8, 4) is 22.6 Å². The van der Waals surface area contributed by atoms with Crippen LogP contribution < -0.4 is 5.73 Å². The summed E-state index contributed by atoms with van der Waals surface area (Å²) in [5, 5.41) is 7.03. The summed E-state index contributed by atoms with van der Waals surface area (Å²) in [4.78, 5) is 0. The third-order valence-electron chi connectivity index (χ3n) is 2.92. The maximum absolute atomic E-state index is 5.98. The fourth-order valence-corrected chi connectivity index (χ4v) is 2.52. The molecule has 0 aliphatic heterocycles. The number of anilines is 1. The fourth-order valence-electron chi connectivity index (χ4n) is 2.04. The average molecular weight is 318 g/mol. The highest BCUT2D eigenvalue weighted by Gasteiger charge is 2.18. The predicted octanol–water partition coefficient (Wildman–Crippen LogP) is 3.99. The third-order valence-corrected chi connectivity index (χ3v) is 3.62. The lowest BCUT2D eigenvalue weighted by molar-refractivity contribution is 0.546. The quantitative estimate of drug-likeness (QED) is 0.751. The fraction of sp³-hybridized carbons (Fsp3) is 0.0714. The second-order valence-corrected chi connectivity index (χ2v) is 5.10. The Labute approximate surface area is 118 Å². The lowest BCUT2D eigenvalue weighted by Gasteiger charge is -2.05. The zero-order valence-electron chi connectivity index (χ0n) is 10.3. The first-order valence-electron chi connectivity index (χ1n) is 5.82. The average Bonchev–Trinajstić information content (AvgIpc) is 2.96. The van der Waals surface area contributed by atoms with Crippen molar-refractivity contribution in [2.75, 3.05) is 5.73 Å². The molecule has 5 heteroatoms. The highest BCUT2D eigenvalue weighted by atomic mass is 79.9. The van der Waals surface area contributed by atoms with Crippen LogP contribution in [0.4, 0.5) is 5.82 Å². The Morgan fingerprint density at radius 1 is 1.21 bits per heavy atom. The summed E-state index contributed by atoms with van der Waals surface area (Å²) < 4.78 is 6.61. The Morgan fingerprint density at radius 3 is 2.68 bits per heavy atom. The van der Waals surface area contributed by atoms with Crippen molar-refractivity contribution < 1.29 is 4.42 Å². The molecule has 0 saturated heterocycles. The molecule has 0 saturated carbocycles. The van der Waals surface area contributed by atoms with Gasteiger partial charge in [0.15, 0.2) is 11.6 Å². The summed E-state index contributed by atoms with van der Waals surface area (Å²) in [6.07, 6.45) is 0. The molecule has 0 fully saturated rings. The number of hydrogen-bond acceptors (Lipinski definition) is 3. The summed E-state index contributed by atoms with van der Waals surface area (Å²) in [7, 11) is 0. The SMILES string of the molecule is Cc1ccc(-c2[nH]nc(N)c2-c2ccccc2Br)o1. The van der Waals surface area contributed by atoms with E-state index >= 15 is 0 Å². The molecule has 0 bridgehead atoms. The minimum atomic E-state index is 0.455. The molecule has 96 valence electrons. The van der Waals surface area contributed by atoms with Crippen molar-refractivity contribution in [2.24, 2.45) is 0 Å². The van der Waals surface area contributed by atoms with Gasteiger partial charge in [-0.25, -0.2) is 0 Å². The zero-order valence-corrected chi connectivity index (χ0v) is 11.9. The first kappa shape index (κ1) is 12.0. The molecule has 3 rings (SSSR count). The van der Waals surface area contributed by atoms with Gasteiger partial charge in [-0.15, -0.1) is 0 Å². The number of aromatic nitrogens is 2. The van der Waals surface area contributed by atoms with Crippen molar-refractivity contribution in [3.05, 3.63) is 46.6 Å². The molecule has 1 aromatic carbocycles. The Balaban J connectivity index is 2.22. The first-order chi connectivity index (χ1) is 9.16. The van der Waals surface area contributed by atoms with Gasteiger partial charge in [0.1, 0.15) is 11.5 Å². The van der Waals surface area contributed by atoms with E-state index in [1.165, 1.54) is 0 Å². The Hall–Kier alpha value is -2.01. The number of hydrogen-bond donors (Lipinski definition) is 2. The van der Waals surface area contributed by atoms with Crippen LogP contribution in [-0.4, -0.2) is 10.2 Å². The van der Waals surface area contributed by atoms with Crippen LogP contribution in [0.1, 0.15) is 5.76 Å².